The first-order valence-corrected chi connectivity index (χ1v) is 12.8. The third kappa shape index (κ3) is 4.95. The predicted molar refractivity (Wildman–Crippen MR) is 145 cm³/mol. The molecule has 1 spiro atoms. The van der Waals surface area contributed by atoms with Crippen LogP contribution in [0, 0.1) is 5.41 Å². The van der Waals surface area contributed by atoms with Crippen molar-refractivity contribution >= 4 is 45.9 Å². The molecule has 0 aliphatic carbocycles. The number of ether oxygens (including phenoxy) is 1. The maximum atomic E-state index is 13.0. The number of likely N-dealkylation sites (N-methyl/N-ethyl adjacent to an activating group) is 1. The van der Waals surface area contributed by atoms with Crippen molar-refractivity contribution in [3.63, 3.8) is 0 Å². The highest BCUT2D eigenvalue weighted by molar-refractivity contribution is 6.32. The van der Waals surface area contributed by atoms with Gasteiger partial charge in [-0.25, -0.2) is 4.98 Å². The zero-order valence-electron chi connectivity index (χ0n) is 21.5. The van der Waals surface area contributed by atoms with E-state index in [9.17, 15) is 9.59 Å². The Labute approximate surface area is 220 Å². The molecular weight excluding hydrogens is 494 g/mol. The molecule has 2 N–H and O–H groups in total. The fourth-order valence-electron chi connectivity index (χ4n) is 5.29. The number of anilines is 3. The van der Waals surface area contributed by atoms with Crippen molar-refractivity contribution in [3.05, 3.63) is 45.8 Å². The minimum atomic E-state index is -0.312. The summed E-state index contributed by atoms with van der Waals surface area (Å²) in [5.41, 5.74) is 1.58. The summed E-state index contributed by atoms with van der Waals surface area (Å²) in [5, 5.41) is 7.00. The number of hydrogen-bond acceptors (Lipinski definition) is 8. The first kappa shape index (κ1) is 25.3. The molecule has 2 fully saturated rings. The molecule has 3 aromatic rings. The summed E-state index contributed by atoms with van der Waals surface area (Å²) in [7, 11) is 3.69. The van der Waals surface area contributed by atoms with E-state index in [0.717, 1.165) is 42.8 Å². The van der Waals surface area contributed by atoms with Crippen LogP contribution in [0.1, 0.15) is 26.3 Å². The Bertz CT molecular complexity index is 1400. The number of amides is 1. The molecule has 1 aromatic carbocycles. The zero-order valence-corrected chi connectivity index (χ0v) is 22.3. The molecule has 196 valence electrons. The van der Waals surface area contributed by atoms with Gasteiger partial charge in [0, 0.05) is 49.2 Å². The average Bonchev–Trinajstić information content (AvgIpc) is 3.25. The number of carbonyl (C=O) groups is 1. The van der Waals surface area contributed by atoms with E-state index >= 15 is 0 Å². The van der Waals surface area contributed by atoms with E-state index in [-0.39, 0.29) is 29.9 Å². The molecule has 0 radical (unpaired) electrons. The van der Waals surface area contributed by atoms with Crippen molar-refractivity contribution in [2.75, 3.05) is 57.1 Å². The smallest absolute Gasteiger partial charge is 0.293 e. The van der Waals surface area contributed by atoms with Gasteiger partial charge in [0.1, 0.15) is 5.02 Å². The van der Waals surface area contributed by atoms with Crippen LogP contribution in [-0.4, -0.2) is 72.2 Å². The van der Waals surface area contributed by atoms with Crippen molar-refractivity contribution in [2.24, 2.45) is 5.41 Å². The maximum Gasteiger partial charge on any atom is 0.293 e. The summed E-state index contributed by atoms with van der Waals surface area (Å²) in [6, 6.07) is 7.24. The van der Waals surface area contributed by atoms with E-state index < -0.39 is 0 Å². The molecule has 5 rings (SSSR count). The average molecular weight is 526 g/mol. The molecule has 1 amide bonds. The van der Waals surface area contributed by atoms with Crippen molar-refractivity contribution in [1.29, 1.82) is 0 Å². The number of pyridine rings is 1. The van der Waals surface area contributed by atoms with Gasteiger partial charge in [0.05, 0.1) is 11.7 Å². The number of halogens is 1. The van der Waals surface area contributed by atoms with Crippen LogP contribution in [0.2, 0.25) is 5.02 Å². The molecule has 0 atom stereocenters. The Morgan fingerprint density at radius 1 is 1.24 bits per heavy atom. The van der Waals surface area contributed by atoms with Gasteiger partial charge >= 0.3 is 0 Å². The largest absolute Gasteiger partial charge is 0.478 e. The molecule has 2 saturated heterocycles. The van der Waals surface area contributed by atoms with Gasteiger partial charge < -0.3 is 29.7 Å². The number of carbonyl (C=O) groups excluding carboxylic acids is 1. The molecule has 2 aliphatic heterocycles. The lowest BCUT2D eigenvalue weighted by Crippen LogP contribution is -2.58. The fraction of sp³-hybridized carbons (Fsp3) is 0.462. The van der Waals surface area contributed by atoms with Gasteiger partial charge in [-0.05, 0) is 58.1 Å². The Kier molecular flexibility index (Phi) is 6.72. The monoisotopic (exact) mass is 525 g/mol. The molecule has 0 unspecified atom stereocenters. The van der Waals surface area contributed by atoms with Crippen LogP contribution in [0.15, 0.2) is 35.3 Å². The first-order valence-electron chi connectivity index (χ1n) is 12.4. The van der Waals surface area contributed by atoms with Crippen molar-refractivity contribution in [3.8, 4) is 5.75 Å². The Hall–Kier alpha value is -3.37. The fourth-order valence-corrected chi connectivity index (χ4v) is 5.42. The van der Waals surface area contributed by atoms with E-state index in [4.69, 9.17) is 21.3 Å². The third-order valence-electron chi connectivity index (χ3n) is 7.12. The summed E-state index contributed by atoms with van der Waals surface area (Å²) in [6.45, 7) is 7.76. The van der Waals surface area contributed by atoms with Crippen molar-refractivity contribution < 1.29 is 9.53 Å². The molecule has 37 heavy (non-hydrogen) atoms. The SMILES string of the molecule is CNC(=O)COc1cc2cc(Nc3nc(N4CC5(CCN(C)C5)C4)ncc3Cl)ccc2n(C(C)C)c1=O. The van der Waals surface area contributed by atoms with Crippen LogP contribution >= 0.6 is 11.6 Å². The second-order valence-electron chi connectivity index (χ2n) is 10.3. The molecule has 11 heteroatoms. The van der Waals surface area contributed by atoms with Crippen LogP contribution in [-0.2, 0) is 4.79 Å². The van der Waals surface area contributed by atoms with Crippen LogP contribution in [0.3, 0.4) is 0 Å². The highest BCUT2D eigenvalue weighted by atomic mass is 35.5. The van der Waals surface area contributed by atoms with Gasteiger partial charge in [0.25, 0.3) is 11.5 Å². The summed E-state index contributed by atoms with van der Waals surface area (Å²) in [4.78, 5) is 38.5. The summed E-state index contributed by atoms with van der Waals surface area (Å²) >= 11 is 6.45. The van der Waals surface area contributed by atoms with Crippen molar-refractivity contribution in [2.45, 2.75) is 26.3 Å². The molecule has 0 bridgehead atoms. The summed E-state index contributed by atoms with van der Waals surface area (Å²) in [6.07, 6.45) is 2.83. The third-order valence-corrected chi connectivity index (χ3v) is 7.39. The minimum Gasteiger partial charge on any atom is -0.478 e. The van der Waals surface area contributed by atoms with Gasteiger partial charge in [0.2, 0.25) is 5.95 Å². The second kappa shape index (κ2) is 9.83. The number of nitrogens with zero attached hydrogens (tertiary/aromatic N) is 5. The molecular formula is C26H32ClN7O3. The Morgan fingerprint density at radius 2 is 2.03 bits per heavy atom. The van der Waals surface area contributed by atoms with Gasteiger partial charge in [-0.15, -0.1) is 0 Å². The lowest BCUT2D eigenvalue weighted by Gasteiger charge is -2.48. The molecule has 2 aliphatic rings. The van der Waals surface area contributed by atoms with Crippen molar-refractivity contribution in [1.82, 2.24) is 24.8 Å². The minimum absolute atomic E-state index is 0.101. The predicted octanol–water partition coefficient (Wildman–Crippen LogP) is 3.04. The van der Waals surface area contributed by atoms with Crippen LogP contribution in [0.5, 0.6) is 5.75 Å². The van der Waals surface area contributed by atoms with E-state index in [1.165, 1.54) is 13.5 Å². The Morgan fingerprint density at radius 3 is 2.70 bits per heavy atom. The number of hydrogen-bond donors (Lipinski definition) is 2. The van der Waals surface area contributed by atoms with E-state index in [1.807, 2.05) is 32.0 Å². The highest BCUT2D eigenvalue weighted by Crippen LogP contribution is 2.41. The lowest BCUT2D eigenvalue weighted by atomic mass is 9.79. The van der Waals surface area contributed by atoms with Gasteiger partial charge in [-0.2, -0.15) is 4.98 Å². The first-order chi connectivity index (χ1) is 17.7. The van der Waals surface area contributed by atoms with E-state index in [1.54, 1.807) is 16.8 Å². The number of rotatable bonds is 7. The summed E-state index contributed by atoms with van der Waals surface area (Å²) in [5.74, 6) is 0.983. The number of benzene rings is 1. The van der Waals surface area contributed by atoms with Gasteiger partial charge in [-0.1, -0.05) is 11.6 Å². The number of likely N-dealkylation sites (tertiary alicyclic amines) is 1. The summed E-state index contributed by atoms with van der Waals surface area (Å²) < 4.78 is 7.22. The van der Waals surface area contributed by atoms with Crippen LogP contribution in [0.4, 0.5) is 17.5 Å². The molecule has 2 aromatic heterocycles. The van der Waals surface area contributed by atoms with E-state index in [2.05, 4.69) is 32.5 Å². The highest BCUT2D eigenvalue weighted by Gasteiger charge is 2.47. The number of fused-ring (bicyclic) bond motifs is 1. The van der Waals surface area contributed by atoms with Gasteiger partial charge in [0.15, 0.2) is 18.2 Å². The van der Waals surface area contributed by atoms with Crippen LogP contribution in [0.25, 0.3) is 10.9 Å². The topological polar surface area (TPSA) is 105 Å². The second-order valence-corrected chi connectivity index (χ2v) is 10.8. The zero-order chi connectivity index (χ0) is 26.3. The standard InChI is InChI=1S/C26H32ClN7O3/c1-16(2)34-20-6-5-18(9-17(20)10-21(24(34)36)37-12-22(35)28-3)30-23-19(27)11-29-25(31-23)33-14-26(15-33)7-8-32(4)13-26/h5-6,9-11,16H,7-8,12-15H2,1-4H3,(H,28,35)(H,29,30,31). The lowest BCUT2D eigenvalue weighted by molar-refractivity contribution is -0.122. The normalized spacial score (nSPS) is 16.9. The Balaban J connectivity index is 1.41. The molecule has 4 heterocycles. The van der Waals surface area contributed by atoms with Gasteiger partial charge in [-0.3, -0.25) is 9.59 Å². The molecule has 0 saturated carbocycles. The maximum absolute atomic E-state index is 13.0. The quantitative estimate of drug-likeness (QED) is 0.485. The van der Waals surface area contributed by atoms with Crippen LogP contribution < -0.4 is 25.8 Å². The number of aromatic nitrogens is 3. The number of nitrogens with one attached hydrogen (secondary N) is 2. The van der Waals surface area contributed by atoms with E-state index in [0.29, 0.717) is 22.2 Å². The molecule has 10 nitrogen and oxygen atoms in total.